The molecule has 0 unspecified atom stereocenters. The van der Waals surface area contributed by atoms with Crippen LogP contribution in [0.25, 0.3) is 0 Å². The van der Waals surface area contributed by atoms with Crippen LogP contribution in [0.2, 0.25) is 0 Å². The number of aryl methyl sites for hydroxylation is 1. The summed E-state index contributed by atoms with van der Waals surface area (Å²) >= 11 is 5.48. The Balaban J connectivity index is 1.67. The molecule has 0 spiro atoms. The van der Waals surface area contributed by atoms with Gasteiger partial charge in [-0.15, -0.1) is 0 Å². The van der Waals surface area contributed by atoms with Crippen molar-refractivity contribution >= 4 is 23.0 Å². The molecule has 3 N–H and O–H groups in total. The lowest BCUT2D eigenvalue weighted by Crippen LogP contribution is -3.14. The molecule has 0 aliphatic carbocycles. The lowest BCUT2D eigenvalue weighted by molar-refractivity contribution is -0.909. The Hall–Kier alpha value is -2.02. The molecule has 2 aromatic carbocycles. The molecular weight excluding hydrogens is 349 g/mol. The smallest absolute Gasteiger partial charge is 0.171 e. The number of nitrogens with one attached hydrogen (secondary N) is 3. The van der Waals surface area contributed by atoms with Crippen LogP contribution in [-0.4, -0.2) is 38.0 Å². The Morgan fingerprint density at radius 2 is 1.92 bits per heavy atom. The molecule has 1 aliphatic heterocycles. The zero-order valence-electron chi connectivity index (χ0n) is 14.9. The summed E-state index contributed by atoms with van der Waals surface area (Å²) in [6, 6.07) is 15.4. The van der Waals surface area contributed by atoms with E-state index in [0.717, 1.165) is 32.8 Å². The van der Waals surface area contributed by atoms with Gasteiger partial charge in [-0.05, 0) is 42.4 Å². The maximum absolute atomic E-state index is 13.7. The van der Waals surface area contributed by atoms with Crippen molar-refractivity contribution in [2.75, 3.05) is 38.2 Å². The summed E-state index contributed by atoms with van der Waals surface area (Å²) in [5.41, 5.74) is 2.45. The molecule has 0 aromatic heterocycles. The van der Waals surface area contributed by atoms with Crippen LogP contribution in [0.1, 0.15) is 17.2 Å². The van der Waals surface area contributed by atoms with Gasteiger partial charge in [0.05, 0.1) is 13.2 Å². The highest BCUT2D eigenvalue weighted by Crippen LogP contribution is 2.15. The van der Waals surface area contributed by atoms with Crippen LogP contribution in [0.3, 0.4) is 0 Å². The fourth-order valence-electron chi connectivity index (χ4n) is 3.09. The van der Waals surface area contributed by atoms with Crippen LogP contribution in [0.5, 0.6) is 0 Å². The van der Waals surface area contributed by atoms with Crippen LogP contribution in [0.4, 0.5) is 10.1 Å². The van der Waals surface area contributed by atoms with E-state index in [2.05, 4.69) is 22.8 Å². The van der Waals surface area contributed by atoms with Gasteiger partial charge in [0.25, 0.3) is 0 Å². The number of hydrogen-bond acceptors (Lipinski definition) is 2. The van der Waals surface area contributed by atoms with Gasteiger partial charge in [-0.25, -0.2) is 4.39 Å². The average molecular weight is 375 g/mol. The highest BCUT2D eigenvalue weighted by molar-refractivity contribution is 7.80. The van der Waals surface area contributed by atoms with Gasteiger partial charge in [0.2, 0.25) is 0 Å². The second-order valence-electron chi connectivity index (χ2n) is 6.59. The summed E-state index contributed by atoms with van der Waals surface area (Å²) in [6.45, 7) is 6.23. The van der Waals surface area contributed by atoms with Crippen LogP contribution < -0.4 is 15.5 Å². The van der Waals surface area contributed by atoms with E-state index in [0.29, 0.717) is 16.4 Å². The predicted molar refractivity (Wildman–Crippen MR) is 106 cm³/mol. The first-order valence-electron chi connectivity index (χ1n) is 8.92. The quantitative estimate of drug-likeness (QED) is 0.701. The summed E-state index contributed by atoms with van der Waals surface area (Å²) in [7, 11) is 0. The summed E-state index contributed by atoms with van der Waals surface area (Å²) in [4.78, 5) is 1.49. The SMILES string of the molecule is Cc1ccc(NC(=S)N[C@@H](C[NH+]2CCOCC2)c2ccccc2)cc1F. The van der Waals surface area contributed by atoms with Crippen molar-refractivity contribution in [3.05, 3.63) is 65.5 Å². The van der Waals surface area contributed by atoms with Crippen LogP contribution >= 0.6 is 12.2 Å². The van der Waals surface area contributed by atoms with Crippen molar-refractivity contribution < 1.29 is 14.0 Å². The standard InChI is InChI=1S/C20H24FN3OS/c1-15-7-8-17(13-18(15)21)22-20(26)23-19(16-5-3-2-4-6-16)14-24-9-11-25-12-10-24/h2-8,13,19H,9-12,14H2,1H3,(H2,22,23,26)/p+1/t19-/m0/s1. The van der Waals surface area contributed by atoms with E-state index < -0.39 is 0 Å². The van der Waals surface area contributed by atoms with E-state index >= 15 is 0 Å². The summed E-state index contributed by atoms with van der Waals surface area (Å²) < 4.78 is 19.2. The average Bonchev–Trinajstić information content (AvgIpc) is 2.66. The molecular formula is C20H25FN3OS+. The van der Waals surface area contributed by atoms with Crippen LogP contribution in [-0.2, 0) is 4.74 Å². The number of anilines is 1. The lowest BCUT2D eigenvalue weighted by atomic mass is 10.1. The molecule has 6 heteroatoms. The number of morpholine rings is 1. The zero-order valence-corrected chi connectivity index (χ0v) is 15.7. The molecule has 2 aromatic rings. The predicted octanol–water partition coefficient (Wildman–Crippen LogP) is 2.08. The van der Waals surface area contributed by atoms with Gasteiger partial charge < -0.3 is 20.3 Å². The van der Waals surface area contributed by atoms with Gasteiger partial charge in [0, 0.05) is 5.69 Å². The Bertz CT molecular complexity index is 735. The van der Waals surface area contributed by atoms with Gasteiger partial charge in [-0.2, -0.15) is 0 Å². The molecule has 1 heterocycles. The van der Waals surface area contributed by atoms with E-state index in [1.165, 1.54) is 16.5 Å². The Morgan fingerprint density at radius 1 is 1.19 bits per heavy atom. The van der Waals surface area contributed by atoms with Crippen molar-refractivity contribution in [1.82, 2.24) is 5.32 Å². The van der Waals surface area contributed by atoms with Gasteiger partial charge in [-0.3, -0.25) is 0 Å². The zero-order chi connectivity index (χ0) is 18.4. The normalized spacial score (nSPS) is 16.1. The van der Waals surface area contributed by atoms with Crippen molar-refractivity contribution in [3.63, 3.8) is 0 Å². The molecule has 3 rings (SSSR count). The number of quaternary nitrogens is 1. The Kier molecular flexibility index (Phi) is 6.55. The van der Waals surface area contributed by atoms with Crippen molar-refractivity contribution in [1.29, 1.82) is 0 Å². The van der Waals surface area contributed by atoms with Gasteiger partial charge >= 0.3 is 0 Å². The number of rotatable bonds is 5. The van der Waals surface area contributed by atoms with E-state index in [1.807, 2.05) is 24.3 Å². The lowest BCUT2D eigenvalue weighted by Gasteiger charge is -2.29. The number of halogens is 1. The highest BCUT2D eigenvalue weighted by Gasteiger charge is 2.22. The summed E-state index contributed by atoms with van der Waals surface area (Å²) in [5, 5.41) is 6.99. The third kappa shape index (κ3) is 5.24. The molecule has 1 saturated heterocycles. The number of thiocarbonyl (C=S) groups is 1. The van der Waals surface area contributed by atoms with Crippen molar-refractivity contribution in [3.8, 4) is 0 Å². The fraction of sp³-hybridized carbons (Fsp3) is 0.350. The molecule has 0 saturated carbocycles. The van der Waals surface area contributed by atoms with E-state index in [9.17, 15) is 4.39 Å². The first-order valence-corrected chi connectivity index (χ1v) is 9.32. The van der Waals surface area contributed by atoms with Gasteiger partial charge in [0.1, 0.15) is 31.5 Å². The highest BCUT2D eigenvalue weighted by atomic mass is 32.1. The first kappa shape index (κ1) is 18.8. The minimum Gasteiger partial charge on any atom is -0.370 e. The van der Waals surface area contributed by atoms with Crippen LogP contribution in [0.15, 0.2) is 48.5 Å². The largest absolute Gasteiger partial charge is 0.370 e. The fourth-order valence-corrected chi connectivity index (χ4v) is 3.35. The van der Waals surface area contributed by atoms with Crippen molar-refractivity contribution in [2.45, 2.75) is 13.0 Å². The van der Waals surface area contributed by atoms with Gasteiger partial charge in [-0.1, -0.05) is 36.4 Å². The van der Waals surface area contributed by atoms with E-state index in [-0.39, 0.29) is 11.9 Å². The van der Waals surface area contributed by atoms with E-state index in [1.54, 1.807) is 13.0 Å². The minimum atomic E-state index is -0.241. The number of ether oxygens (including phenoxy) is 1. The summed E-state index contributed by atoms with van der Waals surface area (Å²) in [5.74, 6) is -0.241. The molecule has 1 aliphatic rings. The Morgan fingerprint density at radius 3 is 2.62 bits per heavy atom. The molecule has 0 bridgehead atoms. The maximum Gasteiger partial charge on any atom is 0.171 e. The molecule has 26 heavy (non-hydrogen) atoms. The second kappa shape index (κ2) is 9.07. The molecule has 0 radical (unpaired) electrons. The maximum atomic E-state index is 13.7. The molecule has 4 nitrogen and oxygen atoms in total. The molecule has 1 atom stereocenters. The third-order valence-electron chi connectivity index (χ3n) is 4.63. The van der Waals surface area contributed by atoms with Crippen molar-refractivity contribution in [2.24, 2.45) is 0 Å². The number of benzene rings is 2. The topological polar surface area (TPSA) is 37.7 Å². The molecule has 0 amide bonds. The summed E-state index contributed by atoms with van der Waals surface area (Å²) in [6.07, 6.45) is 0. The minimum absolute atomic E-state index is 0.0830. The number of hydrogen-bond donors (Lipinski definition) is 3. The first-order chi connectivity index (χ1) is 12.6. The molecule has 1 fully saturated rings. The molecule has 138 valence electrons. The second-order valence-corrected chi connectivity index (χ2v) is 7.00. The van der Waals surface area contributed by atoms with Crippen LogP contribution in [0, 0.1) is 12.7 Å². The monoisotopic (exact) mass is 374 g/mol. The Labute approximate surface area is 159 Å². The van der Waals surface area contributed by atoms with Gasteiger partial charge in [0.15, 0.2) is 5.11 Å². The van der Waals surface area contributed by atoms with E-state index in [4.69, 9.17) is 17.0 Å². The third-order valence-corrected chi connectivity index (χ3v) is 4.85.